The number of pyridine rings is 1. The summed E-state index contributed by atoms with van der Waals surface area (Å²) in [4.78, 5) is 30.1. The van der Waals surface area contributed by atoms with Gasteiger partial charge in [0.15, 0.2) is 0 Å². The molecule has 3 N–H and O–H groups in total. The highest BCUT2D eigenvalue weighted by Gasteiger charge is 2.35. The number of benzene rings is 2. The maximum atomic E-state index is 12.9. The molecule has 1 aliphatic rings. The first kappa shape index (κ1) is 24.6. The van der Waals surface area contributed by atoms with Crippen LogP contribution in [0.15, 0.2) is 54.6 Å². The SMILES string of the molecule is Cc1cc(COc2ccc(C(=O)N[C@@H]3CNCC[C@@H]3C(=O)N(O)C(C)C)cc2)c2ccccc2n1. The minimum absolute atomic E-state index is 0.271. The largest absolute Gasteiger partial charge is 0.489 e. The quantitative estimate of drug-likeness (QED) is 0.356. The van der Waals surface area contributed by atoms with E-state index >= 15 is 0 Å². The molecule has 2 aromatic carbocycles. The predicted molar refractivity (Wildman–Crippen MR) is 133 cm³/mol. The van der Waals surface area contributed by atoms with E-state index in [0.29, 0.717) is 37.4 Å². The molecule has 0 aliphatic carbocycles. The molecule has 0 bridgehead atoms. The summed E-state index contributed by atoms with van der Waals surface area (Å²) in [6.07, 6.45) is 0.545. The van der Waals surface area contributed by atoms with Gasteiger partial charge in [0.05, 0.1) is 23.5 Å². The third-order valence-electron chi connectivity index (χ3n) is 6.27. The molecule has 1 aliphatic heterocycles. The minimum atomic E-state index is -0.478. The molecule has 3 aromatic rings. The monoisotopic (exact) mass is 476 g/mol. The van der Waals surface area contributed by atoms with Crippen molar-refractivity contribution in [2.45, 2.75) is 45.9 Å². The number of aromatic nitrogens is 1. The zero-order chi connectivity index (χ0) is 24.9. The Hall–Kier alpha value is -3.49. The van der Waals surface area contributed by atoms with Crippen molar-refractivity contribution < 1.29 is 19.5 Å². The predicted octanol–water partition coefficient (Wildman–Crippen LogP) is 3.46. The van der Waals surface area contributed by atoms with E-state index in [1.54, 1.807) is 38.1 Å². The number of piperidine rings is 1. The molecule has 0 radical (unpaired) electrons. The number of ether oxygens (including phenoxy) is 1. The van der Waals surface area contributed by atoms with Crippen molar-refractivity contribution in [3.8, 4) is 5.75 Å². The molecule has 1 saturated heterocycles. The Morgan fingerprint density at radius 1 is 1.20 bits per heavy atom. The second kappa shape index (κ2) is 10.8. The lowest BCUT2D eigenvalue weighted by Gasteiger charge is -2.34. The first-order valence-electron chi connectivity index (χ1n) is 11.9. The number of para-hydroxylation sites is 1. The number of hydroxylamine groups is 2. The summed E-state index contributed by atoms with van der Waals surface area (Å²) < 4.78 is 5.99. The average molecular weight is 477 g/mol. The van der Waals surface area contributed by atoms with Crippen molar-refractivity contribution in [2.75, 3.05) is 13.1 Å². The van der Waals surface area contributed by atoms with Gasteiger partial charge in [0.1, 0.15) is 12.4 Å². The van der Waals surface area contributed by atoms with Crippen LogP contribution in [0.1, 0.15) is 41.9 Å². The van der Waals surface area contributed by atoms with Gasteiger partial charge in [-0.05, 0) is 70.1 Å². The van der Waals surface area contributed by atoms with Gasteiger partial charge in [0.2, 0.25) is 0 Å². The third-order valence-corrected chi connectivity index (χ3v) is 6.27. The number of fused-ring (bicyclic) bond motifs is 1. The standard InChI is InChI=1S/C27H32N4O4/c1-17(2)31(34)27(33)23-12-13-28-15-25(23)30-26(32)19-8-10-21(11-9-19)35-16-20-14-18(3)29-24-7-5-4-6-22(20)24/h4-11,14,17,23,25,28,34H,12-13,15-16H2,1-3H3,(H,30,32)/t23-,25+/m0/s1. The van der Waals surface area contributed by atoms with Crippen LogP contribution in [0.5, 0.6) is 5.75 Å². The molecule has 0 unspecified atom stereocenters. The highest BCUT2D eigenvalue weighted by Crippen LogP contribution is 2.22. The summed E-state index contributed by atoms with van der Waals surface area (Å²) in [5.41, 5.74) is 3.39. The summed E-state index contributed by atoms with van der Waals surface area (Å²) in [6.45, 7) is 6.97. The third kappa shape index (κ3) is 5.78. The van der Waals surface area contributed by atoms with Gasteiger partial charge in [0, 0.05) is 28.8 Å². The van der Waals surface area contributed by atoms with Crippen LogP contribution in [-0.4, -0.2) is 52.2 Å². The zero-order valence-electron chi connectivity index (χ0n) is 20.3. The Bertz CT molecular complexity index is 1200. The van der Waals surface area contributed by atoms with Gasteiger partial charge in [-0.1, -0.05) is 18.2 Å². The van der Waals surface area contributed by atoms with Gasteiger partial charge in [0.25, 0.3) is 11.8 Å². The smallest absolute Gasteiger partial charge is 0.251 e. The van der Waals surface area contributed by atoms with E-state index < -0.39 is 12.0 Å². The van der Waals surface area contributed by atoms with E-state index in [0.717, 1.165) is 27.2 Å². The Balaban J connectivity index is 1.39. The Labute approximate surface area is 205 Å². The van der Waals surface area contributed by atoms with Crippen molar-refractivity contribution in [1.29, 1.82) is 0 Å². The highest BCUT2D eigenvalue weighted by molar-refractivity contribution is 5.95. The van der Waals surface area contributed by atoms with Gasteiger partial charge in [-0.25, -0.2) is 5.06 Å². The van der Waals surface area contributed by atoms with Crippen LogP contribution in [0, 0.1) is 12.8 Å². The topological polar surface area (TPSA) is 104 Å². The maximum absolute atomic E-state index is 12.9. The van der Waals surface area contributed by atoms with Gasteiger partial charge in [-0.2, -0.15) is 0 Å². The number of nitrogens with one attached hydrogen (secondary N) is 2. The van der Waals surface area contributed by atoms with Gasteiger partial charge >= 0.3 is 0 Å². The van der Waals surface area contributed by atoms with Gasteiger partial charge in [-0.3, -0.25) is 19.8 Å². The summed E-state index contributed by atoms with van der Waals surface area (Å²) in [5, 5.41) is 18.1. The molecule has 1 fully saturated rings. The lowest BCUT2D eigenvalue weighted by molar-refractivity contribution is -0.179. The number of hydrogen-bond acceptors (Lipinski definition) is 6. The fourth-order valence-corrected chi connectivity index (χ4v) is 4.36. The number of carbonyl (C=O) groups is 2. The van der Waals surface area contributed by atoms with Crippen LogP contribution < -0.4 is 15.4 Å². The Kier molecular flexibility index (Phi) is 7.63. The van der Waals surface area contributed by atoms with Crippen LogP contribution in [0.3, 0.4) is 0 Å². The van der Waals surface area contributed by atoms with E-state index in [-0.39, 0.29) is 17.9 Å². The Morgan fingerprint density at radius 3 is 2.69 bits per heavy atom. The number of nitrogens with zero attached hydrogens (tertiary/aromatic N) is 2. The highest BCUT2D eigenvalue weighted by atomic mass is 16.5. The van der Waals surface area contributed by atoms with E-state index in [9.17, 15) is 14.8 Å². The Morgan fingerprint density at radius 2 is 1.94 bits per heavy atom. The molecule has 8 nitrogen and oxygen atoms in total. The molecular formula is C27H32N4O4. The molecule has 184 valence electrons. The molecule has 1 aromatic heterocycles. The van der Waals surface area contributed by atoms with Crippen molar-refractivity contribution >= 4 is 22.7 Å². The van der Waals surface area contributed by atoms with Crippen molar-refractivity contribution in [3.63, 3.8) is 0 Å². The summed E-state index contributed by atoms with van der Waals surface area (Å²) in [7, 11) is 0. The summed E-state index contributed by atoms with van der Waals surface area (Å²) in [5.74, 6) is -0.462. The number of rotatable bonds is 7. The molecule has 2 atom stereocenters. The second-order valence-electron chi connectivity index (χ2n) is 9.21. The zero-order valence-corrected chi connectivity index (χ0v) is 20.3. The fourth-order valence-electron chi connectivity index (χ4n) is 4.36. The molecule has 2 heterocycles. The first-order chi connectivity index (χ1) is 16.8. The molecule has 8 heteroatoms. The van der Waals surface area contributed by atoms with Crippen molar-refractivity contribution in [1.82, 2.24) is 20.7 Å². The number of amides is 2. The van der Waals surface area contributed by atoms with E-state index in [1.807, 2.05) is 37.3 Å². The van der Waals surface area contributed by atoms with Crippen LogP contribution >= 0.6 is 0 Å². The van der Waals surface area contributed by atoms with Crippen LogP contribution in [-0.2, 0) is 11.4 Å². The molecular weight excluding hydrogens is 444 g/mol. The van der Waals surface area contributed by atoms with E-state index in [1.165, 1.54) is 0 Å². The molecule has 35 heavy (non-hydrogen) atoms. The molecule has 0 saturated carbocycles. The van der Waals surface area contributed by atoms with Crippen molar-refractivity contribution in [3.05, 3.63) is 71.4 Å². The van der Waals surface area contributed by atoms with Crippen molar-refractivity contribution in [2.24, 2.45) is 5.92 Å². The van der Waals surface area contributed by atoms with E-state index in [2.05, 4.69) is 15.6 Å². The number of aryl methyl sites for hydroxylation is 1. The summed E-state index contributed by atoms with van der Waals surface area (Å²) in [6, 6.07) is 16.2. The van der Waals surface area contributed by atoms with Crippen LogP contribution in [0.25, 0.3) is 10.9 Å². The van der Waals surface area contributed by atoms with Gasteiger partial charge in [-0.15, -0.1) is 0 Å². The summed E-state index contributed by atoms with van der Waals surface area (Å²) >= 11 is 0. The second-order valence-corrected chi connectivity index (χ2v) is 9.21. The fraction of sp³-hybridized carbons (Fsp3) is 0.370. The van der Waals surface area contributed by atoms with Gasteiger partial charge < -0.3 is 15.4 Å². The number of carbonyl (C=O) groups excluding carboxylic acids is 2. The number of hydrogen-bond donors (Lipinski definition) is 3. The lowest BCUT2D eigenvalue weighted by Crippen LogP contribution is -2.56. The minimum Gasteiger partial charge on any atom is -0.489 e. The first-order valence-corrected chi connectivity index (χ1v) is 11.9. The molecule has 0 spiro atoms. The maximum Gasteiger partial charge on any atom is 0.251 e. The van der Waals surface area contributed by atoms with Crippen LogP contribution in [0.4, 0.5) is 0 Å². The average Bonchev–Trinajstić information content (AvgIpc) is 2.86. The molecule has 4 rings (SSSR count). The van der Waals surface area contributed by atoms with E-state index in [4.69, 9.17) is 4.74 Å². The molecule has 2 amide bonds. The lowest BCUT2D eigenvalue weighted by atomic mass is 9.91. The van der Waals surface area contributed by atoms with Crippen LogP contribution in [0.2, 0.25) is 0 Å². The normalized spacial score (nSPS) is 17.9.